The van der Waals surface area contributed by atoms with Gasteiger partial charge in [-0.2, -0.15) is 4.39 Å². The number of carbonyl (C=O) groups excluding carboxylic acids is 1. The highest BCUT2D eigenvalue weighted by Crippen LogP contribution is 2.17. The van der Waals surface area contributed by atoms with Crippen LogP contribution in [-0.2, 0) is 0 Å². The molecular formula is C14H14FNO. The molecule has 0 saturated heterocycles. The van der Waals surface area contributed by atoms with Crippen molar-refractivity contribution >= 4 is 5.78 Å². The Morgan fingerprint density at radius 1 is 1.35 bits per heavy atom. The number of benzene rings is 1. The largest absolute Gasteiger partial charge is 0.335 e. The molecule has 1 heterocycles. The monoisotopic (exact) mass is 231 g/mol. The summed E-state index contributed by atoms with van der Waals surface area (Å²) in [4.78, 5) is 13.4. The lowest BCUT2D eigenvalue weighted by atomic mass is 10.1. The summed E-state index contributed by atoms with van der Waals surface area (Å²) >= 11 is 0. The molecule has 1 aromatic carbocycles. The molecule has 2 rings (SSSR count). The maximum absolute atomic E-state index is 13.6. The van der Waals surface area contributed by atoms with E-state index in [1.54, 1.807) is 30.3 Å². The molecule has 3 heteroatoms. The van der Waals surface area contributed by atoms with Gasteiger partial charge in [0.05, 0.1) is 6.54 Å². The Morgan fingerprint density at radius 2 is 2.06 bits per heavy atom. The third-order valence-corrected chi connectivity index (χ3v) is 2.80. The fourth-order valence-corrected chi connectivity index (χ4v) is 1.78. The molecule has 0 aromatic heterocycles. The summed E-state index contributed by atoms with van der Waals surface area (Å²) in [6, 6.07) is 8.86. The molecule has 0 amide bonds. The average Bonchev–Trinajstić information content (AvgIpc) is 2.35. The van der Waals surface area contributed by atoms with Crippen LogP contribution in [0.3, 0.4) is 0 Å². The molecule has 0 spiro atoms. The second-order valence-corrected chi connectivity index (χ2v) is 4.03. The van der Waals surface area contributed by atoms with Crippen LogP contribution in [0, 0.1) is 0 Å². The van der Waals surface area contributed by atoms with E-state index in [-0.39, 0.29) is 24.3 Å². The van der Waals surface area contributed by atoms with E-state index in [1.807, 2.05) is 19.1 Å². The maximum Gasteiger partial charge on any atom is 0.190 e. The summed E-state index contributed by atoms with van der Waals surface area (Å²) in [6.07, 6.45) is 4.91. The number of nitrogens with zero attached hydrogens (tertiary/aromatic N) is 1. The Hall–Kier alpha value is -1.90. The van der Waals surface area contributed by atoms with Crippen molar-refractivity contribution in [3.8, 4) is 0 Å². The molecule has 1 aliphatic heterocycles. The average molecular weight is 231 g/mol. The summed E-state index contributed by atoms with van der Waals surface area (Å²) in [7, 11) is 0. The van der Waals surface area contributed by atoms with Crippen LogP contribution in [0.2, 0.25) is 0 Å². The molecule has 1 aliphatic rings. The van der Waals surface area contributed by atoms with E-state index in [9.17, 15) is 9.18 Å². The van der Waals surface area contributed by atoms with Crippen LogP contribution < -0.4 is 0 Å². The highest BCUT2D eigenvalue weighted by Gasteiger charge is 2.20. The molecule has 88 valence electrons. The van der Waals surface area contributed by atoms with Crippen molar-refractivity contribution in [1.82, 2.24) is 4.90 Å². The molecule has 1 atom stereocenters. The van der Waals surface area contributed by atoms with Gasteiger partial charge in [0.25, 0.3) is 0 Å². The Morgan fingerprint density at radius 3 is 2.71 bits per heavy atom. The number of rotatable bonds is 3. The van der Waals surface area contributed by atoms with Crippen molar-refractivity contribution in [2.24, 2.45) is 0 Å². The number of Topliss-reactive ketones (excluding diaryl/α,β-unsaturated/α-hetero) is 1. The second kappa shape index (κ2) is 4.95. The van der Waals surface area contributed by atoms with Gasteiger partial charge in [-0.25, -0.2) is 0 Å². The van der Waals surface area contributed by atoms with Crippen molar-refractivity contribution in [3.63, 3.8) is 0 Å². The first-order valence-electron chi connectivity index (χ1n) is 5.57. The molecular weight excluding hydrogens is 217 g/mol. The topological polar surface area (TPSA) is 20.3 Å². The van der Waals surface area contributed by atoms with E-state index < -0.39 is 0 Å². The number of carbonyl (C=O) groups is 1. The number of hydrogen-bond acceptors (Lipinski definition) is 2. The van der Waals surface area contributed by atoms with E-state index in [4.69, 9.17) is 0 Å². The minimum absolute atomic E-state index is 0.0673. The van der Waals surface area contributed by atoms with Gasteiger partial charge in [-0.05, 0) is 13.0 Å². The lowest BCUT2D eigenvalue weighted by Crippen LogP contribution is -2.35. The smallest absolute Gasteiger partial charge is 0.190 e. The van der Waals surface area contributed by atoms with Gasteiger partial charge in [0.1, 0.15) is 0 Å². The van der Waals surface area contributed by atoms with Gasteiger partial charge in [-0.1, -0.05) is 42.5 Å². The van der Waals surface area contributed by atoms with Crippen LogP contribution in [0.25, 0.3) is 0 Å². The zero-order valence-corrected chi connectivity index (χ0v) is 9.64. The first-order valence-corrected chi connectivity index (χ1v) is 5.57. The normalized spacial score (nSPS) is 19.1. The molecule has 0 bridgehead atoms. The van der Waals surface area contributed by atoms with Crippen LogP contribution in [0.5, 0.6) is 0 Å². The molecule has 1 unspecified atom stereocenters. The van der Waals surface area contributed by atoms with E-state index in [0.29, 0.717) is 5.56 Å². The number of ketones is 1. The van der Waals surface area contributed by atoms with E-state index in [0.717, 1.165) is 0 Å². The third kappa shape index (κ3) is 2.61. The molecule has 0 saturated carbocycles. The van der Waals surface area contributed by atoms with Gasteiger partial charge in [-0.3, -0.25) is 4.79 Å². The Labute approximate surface area is 100 Å². The van der Waals surface area contributed by atoms with Crippen LogP contribution >= 0.6 is 0 Å². The minimum atomic E-state index is -0.357. The number of allylic oxidation sites excluding steroid dienone is 2. The van der Waals surface area contributed by atoms with Crippen molar-refractivity contribution in [2.75, 3.05) is 6.54 Å². The van der Waals surface area contributed by atoms with Crippen molar-refractivity contribution in [3.05, 3.63) is 60.1 Å². The number of halogens is 1. The molecule has 0 radical (unpaired) electrons. The summed E-state index contributed by atoms with van der Waals surface area (Å²) in [5.74, 6) is -0.430. The first-order chi connectivity index (χ1) is 8.18. The summed E-state index contributed by atoms with van der Waals surface area (Å²) in [6.45, 7) is 1.93. The van der Waals surface area contributed by atoms with E-state index in [1.165, 1.54) is 11.0 Å². The van der Waals surface area contributed by atoms with Crippen molar-refractivity contribution < 1.29 is 9.18 Å². The predicted molar refractivity (Wildman–Crippen MR) is 65.3 cm³/mol. The van der Waals surface area contributed by atoms with E-state index >= 15 is 0 Å². The zero-order valence-electron chi connectivity index (χ0n) is 9.64. The van der Waals surface area contributed by atoms with Crippen LogP contribution in [0.1, 0.15) is 17.3 Å². The summed E-state index contributed by atoms with van der Waals surface area (Å²) < 4.78 is 13.6. The Bertz CT molecular complexity index is 464. The van der Waals surface area contributed by atoms with Crippen LogP contribution in [0.15, 0.2) is 54.5 Å². The maximum atomic E-state index is 13.6. The first kappa shape index (κ1) is 11.6. The predicted octanol–water partition coefficient (Wildman–Crippen LogP) is 2.94. The molecule has 0 N–H and O–H groups in total. The fourth-order valence-electron chi connectivity index (χ4n) is 1.78. The highest BCUT2D eigenvalue weighted by atomic mass is 19.1. The van der Waals surface area contributed by atoms with Gasteiger partial charge < -0.3 is 4.90 Å². The molecule has 0 fully saturated rings. The summed E-state index contributed by atoms with van der Waals surface area (Å²) in [5, 5.41) is 0. The standard InChI is InChI=1S/C14H14FNO/c1-11-6-5-9-14(15)16(11)10-13(17)12-7-3-2-4-8-12/h2-9,11H,10H2,1H3. The molecule has 2 nitrogen and oxygen atoms in total. The second-order valence-electron chi connectivity index (χ2n) is 4.03. The van der Waals surface area contributed by atoms with Crippen molar-refractivity contribution in [1.29, 1.82) is 0 Å². The van der Waals surface area contributed by atoms with Gasteiger partial charge in [0.15, 0.2) is 11.7 Å². The van der Waals surface area contributed by atoms with Gasteiger partial charge in [-0.15, -0.1) is 0 Å². The molecule has 0 aliphatic carbocycles. The molecule has 1 aromatic rings. The zero-order chi connectivity index (χ0) is 12.3. The lowest BCUT2D eigenvalue weighted by molar-refractivity contribution is 0.0919. The van der Waals surface area contributed by atoms with Gasteiger partial charge in [0, 0.05) is 11.6 Å². The third-order valence-electron chi connectivity index (χ3n) is 2.80. The van der Waals surface area contributed by atoms with Crippen LogP contribution in [0.4, 0.5) is 4.39 Å². The van der Waals surface area contributed by atoms with E-state index in [2.05, 4.69) is 0 Å². The fraction of sp³-hybridized carbons (Fsp3) is 0.214. The number of hydrogen-bond donors (Lipinski definition) is 0. The highest BCUT2D eigenvalue weighted by molar-refractivity contribution is 5.97. The lowest BCUT2D eigenvalue weighted by Gasteiger charge is -2.28. The van der Waals surface area contributed by atoms with Gasteiger partial charge in [0.2, 0.25) is 0 Å². The van der Waals surface area contributed by atoms with Gasteiger partial charge >= 0.3 is 0 Å². The minimum Gasteiger partial charge on any atom is -0.335 e. The Kier molecular flexibility index (Phi) is 3.38. The quantitative estimate of drug-likeness (QED) is 0.589. The van der Waals surface area contributed by atoms with Crippen LogP contribution in [-0.4, -0.2) is 23.3 Å². The SMILES string of the molecule is CC1C=CC=C(F)N1CC(=O)c1ccccc1. The Balaban J connectivity index is 2.09. The van der Waals surface area contributed by atoms with Crippen molar-refractivity contribution in [2.45, 2.75) is 13.0 Å². The molecule has 17 heavy (non-hydrogen) atoms. The summed E-state index contributed by atoms with van der Waals surface area (Å²) in [5.41, 5.74) is 0.613.